The van der Waals surface area contributed by atoms with Crippen LogP contribution in [0.2, 0.25) is 0 Å². The Labute approximate surface area is 94.9 Å². The van der Waals surface area contributed by atoms with Crippen molar-refractivity contribution < 1.29 is 4.79 Å². The van der Waals surface area contributed by atoms with Crippen LogP contribution in [0.5, 0.6) is 0 Å². The van der Waals surface area contributed by atoms with Gasteiger partial charge in [0.15, 0.2) is 6.29 Å². The maximum Gasteiger partial charge on any atom is 0.151 e. The first-order valence-corrected chi connectivity index (χ1v) is 6.09. The highest BCUT2D eigenvalue weighted by Gasteiger charge is 2.09. The molecule has 72 valence electrons. The van der Waals surface area contributed by atoms with E-state index in [0.717, 1.165) is 27.4 Å². The van der Waals surface area contributed by atoms with E-state index in [9.17, 15) is 4.79 Å². The minimum absolute atomic E-state index is 0.777. The molecule has 0 N–H and O–H groups in total. The third-order valence-electron chi connectivity index (χ3n) is 2.30. The van der Waals surface area contributed by atoms with Gasteiger partial charge in [-0.2, -0.15) is 0 Å². The molecule has 0 atom stereocenters. The monoisotopic (exact) mass is 268 g/mol. The van der Waals surface area contributed by atoms with Gasteiger partial charge in [0.1, 0.15) is 0 Å². The van der Waals surface area contributed by atoms with E-state index in [1.165, 1.54) is 10.9 Å². The van der Waals surface area contributed by atoms with Gasteiger partial charge in [0.2, 0.25) is 0 Å². The summed E-state index contributed by atoms with van der Waals surface area (Å²) < 4.78 is 2.13. The Morgan fingerprint density at radius 3 is 3.00 bits per heavy atom. The molecule has 0 aliphatic carbocycles. The first kappa shape index (κ1) is 9.87. The largest absolute Gasteiger partial charge is 0.298 e. The molecule has 0 fully saturated rings. The Bertz CT molecular complexity index is 487. The molecule has 0 amide bonds. The third-order valence-corrected chi connectivity index (χ3v) is 3.97. The van der Waals surface area contributed by atoms with Gasteiger partial charge in [-0.1, -0.05) is 22.9 Å². The number of thiophene rings is 1. The van der Waals surface area contributed by atoms with Crippen LogP contribution in [0.1, 0.15) is 22.8 Å². The molecule has 0 unspecified atom stereocenters. The van der Waals surface area contributed by atoms with E-state index in [2.05, 4.69) is 28.9 Å². The smallest absolute Gasteiger partial charge is 0.151 e. The lowest BCUT2D eigenvalue weighted by molar-refractivity contribution is 0.112. The van der Waals surface area contributed by atoms with E-state index in [-0.39, 0.29) is 0 Å². The summed E-state index contributed by atoms with van der Waals surface area (Å²) in [6.45, 7) is 2.12. The van der Waals surface area contributed by atoms with Gasteiger partial charge in [0, 0.05) is 14.7 Å². The number of hydrogen-bond acceptors (Lipinski definition) is 2. The molecule has 2 rings (SSSR count). The Hall–Kier alpha value is -0.670. The predicted molar refractivity (Wildman–Crippen MR) is 64.3 cm³/mol. The van der Waals surface area contributed by atoms with Gasteiger partial charge in [-0.05, 0) is 34.9 Å². The fourth-order valence-electron chi connectivity index (χ4n) is 1.64. The second-order valence-corrected chi connectivity index (χ2v) is 4.83. The van der Waals surface area contributed by atoms with Crippen molar-refractivity contribution in [1.82, 2.24) is 0 Å². The molecular weight excluding hydrogens is 260 g/mol. The molecule has 1 aromatic heterocycles. The lowest BCUT2D eigenvalue weighted by atomic mass is 10.1. The molecule has 0 aliphatic heterocycles. The average molecular weight is 269 g/mol. The topological polar surface area (TPSA) is 17.1 Å². The summed E-state index contributed by atoms with van der Waals surface area (Å²) >= 11 is 5.12. The van der Waals surface area contributed by atoms with Crippen LogP contribution < -0.4 is 0 Å². The van der Waals surface area contributed by atoms with Crippen molar-refractivity contribution in [1.29, 1.82) is 0 Å². The SMILES string of the molecule is CCc1c(Br)cc(C=O)c2sccc12. The Morgan fingerprint density at radius 1 is 1.57 bits per heavy atom. The first-order chi connectivity index (χ1) is 6.77. The second-order valence-electron chi connectivity index (χ2n) is 3.06. The predicted octanol–water partition coefficient (Wildman–Crippen LogP) is 4.04. The number of hydrogen-bond donors (Lipinski definition) is 0. The lowest BCUT2D eigenvalue weighted by Gasteiger charge is -2.05. The molecule has 0 aliphatic rings. The number of aldehydes is 1. The fourth-order valence-corrected chi connectivity index (χ4v) is 3.28. The van der Waals surface area contributed by atoms with Crippen molar-refractivity contribution >= 4 is 43.6 Å². The van der Waals surface area contributed by atoms with Gasteiger partial charge in [-0.25, -0.2) is 0 Å². The van der Waals surface area contributed by atoms with E-state index < -0.39 is 0 Å². The summed E-state index contributed by atoms with van der Waals surface area (Å²) in [7, 11) is 0. The zero-order valence-corrected chi connectivity index (χ0v) is 10.1. The van der Waals surface area contributed by atoms with Crippen LogP contribution in [0, 0.1) is 0 Å². The minimum atomic E-state index is 0.777. The van der Waals surface area contributed by atoms with E-state index in [4.69, 9.17) is 0 Å². The van der Waals surface area contributed by atoms with E-state index >= 15 is 0 Å². The maximum atomic E-state index is 10.9. The normalized spacial score (nSPS) is 10.7. The molecule has 1 nitrogen and oxygen atoms in total. The van der Waals surface area contributed by atoms with Gasteiger partial charge < -0.3 is 0 Å². The van der Waals surface area contributed by atoms with Crippen LogP contribution >= 0.6 is 27.3 Å². The summed E-state index contributed by atoms with van der Waals surface area (Å²) in [6, 6.07) is 3.99. The van der Waals surface area contributed by atoms with Crippen molar-refractivity contribution in [3.8, 4) is 0 Å². The number of carbonyl (C=O) groups excluding carboxylic acids is 1. The summed E-state index contributed by atoms with van der Waals surface area (Å²) in [4.78, 5) is 10.9. The number of rotatable bonds is 2. The number of halogens is 1. The number of benzene rings is 1. The van der Waals surface area contributed by atoms with Crippen molar-refractivity contribution in [2.24, 2.45) is 0 Å². The highest BCUT2D eigenvalue weighted by Crippen LogP contribution is 2.32. The van der Waals surface area contributed by atoms with Crippen LogP contribution in [0.4, 0.5) is 0 Å². The Morgan fingerprint density at radius 2 is 2.36 bits per heavy atom. The number of aryl methyl sites for hydroxylation is 1. The summed E-state index contributed by atoms with van der Waals surface area (Å²) in [6.07, 6.45) is 1.90. The van der Waals surface area contributed by atoms with Gasteiger partial charge in [-0.15, -0.1) is 11.3 Å². The average Bonchev–Trinajstić information content (AvgIpc) is 2.65. The molecule has 1 heterocycles. The number of fused-ring (bicyclic) bond motifs is 1. The summed E-state index contributed by atoms with van der Waals surface area (Å²) in [5.41, 5.74) is 2.06. The highest BCUT2D eigenvalue weighted by molar-refractivity contribution is 9.10. The van der Waals surface area contributed by atoms with Crippen LogP contribution in [0.25, 0.3) is 10.1 Å². The zero-order chi connectivity index (χ0) is 10.1. The Balaban J connectivity index is 2.88. The molecule has 2 aromatic rings. The van der Waals surface area contributed by atoms with Crippen molar-refractivity contribution in [2.45, 2.75) is 13.3 Å². The molecule has 3 heteroatoms. The van der Waals surface area contributed by atoms with Crippen LogP contribution in [-0.2, 0) is 6.42 Å². The quantitative estimate of drug-likeness (QED) is 0.752. The molecule has 0 saturated heterocycles. The fraction of sp³-hybridized carbons (Fsp3) is 0.182. The van der Waals surface area contributed by atoms with Crippen LogP contribution in [0.3, 0.4) is 0 Å². The van der Waals surface area contributed by atoms with Crippen molar-refractivity contribution in [3.63, 3.8) is 0 Å². The molecule has 0 spiro atoms. The maximum absolute atomic E-state index is 10.9. The zero-order valence-electron chi connectivity index (χ0n) is 7.71. The molecule has 1 aromatic carbocycles. The number of carbonyl (C=O) groups is 1. The van der Waals surface area contributed by atoms with E-state index in [1.54, 1.807) is 11.3 Å². The standard InChI is InChI=1S/C11H9BrOS/c1-2-8-9-3-4-14-11(9)7(6-13)5-10(8)12/h3-6H,2H2,1H3. The first-order valence-electron chi connectivity index (χ1n) is 4.41. The van der Waals surface area contributed by atoms with Gasteiger partial charge >= 0.3 is 0 Å². The summed E-state index contributed by atoms with van der Waals surface area (Å²) in [5, 5.41) is 3.23. The summed E-state index contributed by atoms with van der Waals surface area (Å²) in [5.74, 6) is 0. The van der Waals surface area contributed by atoms with Crippen LogP contribution in [-0.4, -0.2) is 6.29 Å². The Kier molecular flexibility index (Phi) is 2.70. The molecular formula is C11H9BrOS. The molecule has 0 saturated carbocycles. The third kappa shape index (κ3) is 1.41. The minimum Gasteiger partial charge on any atom is -0.298 e. The molecule has 0 radical (unpaired) electrons. The van der Waals surface area contributed by atoms with Gasteiger partial charge in [0.05, 0.1) is 0 Å². The van der Waals surface area contributed by atoms with Gasteiger partial charge in [-0.3, -0.25) is 4.79 Å². The highest BCUT2D eigenvalue weighted by atomic mass is 79.9. The molecule has 0 bridgehead atoms. The van der Waals surface area contributed by atoms with Crippen molar-refractivity contribution in [3.05, 3.63) is 33.1 Å². The lowest BCUT2D eigenvalue weighted by Crippen LogP contribution is -1.88. The second kappa shape index (κ2) is 3.83. The van der Waals surface area contributed by atoms with E-state index in [0.29, 0.717) is 0 Å². The van der Waals surface area contributed by atoms with Crippen molar-refractivity contribution in [2.75, 3.05) is 0 Å². The van der Waals surface area contributed by atoms with Crippen LogP contribution in [0.15, 0.2) is 22.0 Å². The molecule has 14 heavy (non-hydrogen) atoms. The van der Waals surface area contributed by atoms with Gasteiger partial charge in [0.25, 0.3) is 0 Å². The van der Waals surface area contributed by atoms with E-state index in [1.807, 2.05) is 11.4 Å².